The van der Waals surface area contributed by atoms with Crippen molar-refractivity contribution in [1.29, 1.82) is 0 Å². The molecule has 0 fully saturated rings. The molecule has 7 nitrogen and oxygen atoms in total. The van der Waals surface area contributed by atoms with Gasteiger partial charge in [-0.2, -0.15) is 0 Å². The number of nitrogens with one attached hydrogen (secondary N) is 2. The molecule has 0 aromatic heterocycles. The Morgan fingerprint density at radius 3 is 2.18 bits per heavy atom. The molecule has 0 spiro atoms. The fourth-order valence-corrected chi connectivity index (χ4v) is 2.02. The fourth-order valence-electron chi connectivity index (χ4n) is 2.02. The Hall–Kier alpha value is -3.09. The van der Waals surface area contributed by atoms with Gasteiger partial charge in [-0.05, 0) is 37.6 Å². The third-order valence-corrected chi connectivity index (χ3v) is 3.37. The highest BCUT2D eigenvalue weighted by Gasteiger charge is 2.15. The van der Waals surface area contributed by atoms with Crippen LogP contribution in [0.5, 0.6) is 0 Å². The first-order valence-electron chi connectivity index (χ1n) is 6.57. The second-order valence-electron chi connectivity index (χ2n) is 4.81. The zero-order chi connectivity index (χ0) is 16.3. The number of nitrogen functional groups attached to an aromatic ring is 1. The van der Waals surface area contributed by atoms with Crippen LogP contribution in [0, 0.1) is 24.0 Å². The summed E-state index contributed by atoms with van der Waals surface area (Å²) < 4.78 is 0. The zero-order valence-corrected chi connectivity index (χ0v) is 12.2. The van der Waals surface area contributed by atoms with Gasteiger partial charge in [-0.25, -0.2) is 4.79 Å². The maximum Gasteiger partial charge on any atom is 0.323 e. The lowest BCUT2D eigenvalue weighted by Gasteiger charge is -2.12. The van der Waals surface area contributed by atoms with Crippen molar-refractivity contribution in [2.24, 2.45) is 0 Å². The van der Waals surface area contributed by atoms with Crippen LogP contribution in [0.2, 0.25) is 0 Å². The first-order chi connectivity index (χ1) is 10.4. The Morgan fingerprint density at radius 2 is 1.59 bits per heavy atom. The van der Waals surface area contributed by atoms with Gasteiger partial charge in [0.05, 0.1) is 16.2 Å². The molecule has 0 bridgehead atoms. The molecule has 2 aromatic carbocycles. The average molecular weight is 300 g/mol. The summed E-state index contributed by atoms with van der Waals surface area (Å²) in [5.41, 5.74) is 8.43. The van der Waals surface area contributed by atoms with E-state index in [1.54, 1.807) is 38.1 Å². The van der Waals surface area contributed by atoms with Gasteiger partial charge in [-0.3, -0.25) is 10.1 Å². The van der Waals surface area contributed by atoms with Gasteiger partial charge in [-0.1, -0.05) is 12.1 Å². The monoisotopic (exact) mass is 300 g/mol. The molecule has 0 aliphatic heterocycles. The van der Waals surface area contributed by atoms with E-state index >= 15 is 0 Å². The number of carbonyl (C=O) groups excluding carboxylic acids is 1. The minimum absolute atomic E-state index is 0.0436. The molecule has 0 saturated carbocycles. The topological polar surface area (TPSA) is 110 Å². The summed E-state index contributed by atoms with van der Waals surface area (Å²) >= 11 is 0. The molecule has 114 valence electrons. The van der Waals surface area contributed by atoms with Gasteiger partial charge in [0.2, 0.25) is 0 Å². The van der Waals surface area contributed by atoms with E-state index in [1.165, 1.54) is 12.1 Å². The third kappa shape index (κ3) is 3.14. The van der Waals surface area contributed by atoms with Crippen molar-refractivity contribution in [2.45, 2.75) is 13.8 Å². The largest absolute Gasteiger partial charge is 0.398 e. The number of hydrogen-bond acceptors (Lipinski definition) is 4. The molecule has 2 rings (SSSR count). The van der Waals surface area contributed by atoms with Crippen LogP contribution in [-0.4, -0.2) is 11.0 Å². The predicted molar refractivity (Wildman–Crippen MR) is 86.1 cm³/mol. The van der Waals surface area contributed by atoms with E-state index in [0.29, 0.717) is 22.6 Å². The van der Waals surface area contributed by atoms with Crippen molar-refractivity contribution in [2.75, 3.05) is 16.4 Å². The number of nitrogens with two attached hydrogens (primary N) is 1. The molecule has 0 saturated heterocycles. The maximum atomic E-state index is 12.0. The maximum absolute atomic E-state index is 12.0. The standard InChI is InChI=1S/C15H16N4O3/c1-9-11(16)5-3-6-12(9)17-15(20)18-13-7-4-8-14(10(13)2)19(21)22/h3-8H,16H2,1-2H3,(H2,17,18,20). The molecule has 0 aliphatic rings. The average Bonchev–Trinajstić information content (AvgIpc) is 2.46. The summed E-state index contributed by atoms with van der Waals surface area (Å²) in [6.07, 6.45) is 0. The second kappa shape index (κ2) is 6.13. The highest BCUT2D eigenvalue weighted by Crippen LogP contribution is 2.25. The van der Waals surface area contributed by atoms with Crippen molar-refractivity contribution in [1.82, 2.24) is 0 Å². The Morgan fingerprint density at radius 1 is 1.05 bits per heavy atom. The summed E-state index contributed by atoms with van der Waals surface area (Å²) in [5.74, 6) is 0. The van der Waals surface area contributed by atoms with Crippen LogP contribution in [0.3, 0.4) is 0 Å². The number of urea groups is 1. The van der Waals surface area contributed by atoms with Crippen molar-refractivity contribution in [3.8, 4) is 0 Å². The zero-order valence-electron chi connectivity index (χ0n) is 12.2. The minimum atomic E-state index is -0.489. The Kier molecular flexibility index (Phi) is 4.26. The van der Waals surface area contributed by atoms with E-state index in [2.05, 4.69) is 10.6 Å². The second-order valence-corrected chi connectivity index (χ2v) is 4.81. The first kappa shape index (κ1) is 15.3. The first-order valence-corrected chi connectivity index (χ1v) is 6.57. The number of anilines is 3. The molecule has 4 N–H and O–H groups in total. The number of benzene rings is 2. The van der Waals surface area contributed by atoms with Crippen molar-refractivity contribution < 1.29 is 9.72 Å². The molecule has 7 heteroatoms. The molecule has 0 unspecified atom stereocenters. The Balaban J connectivity index is 2.18. The third-order valence-electron chi connectivity index (χ3n) is 3.37. The van der Waals surface area contributed by atoms with Gasteiger partial charge in [0, 0.05) is 17.4 Å². The van der Waals surface area contributed by atoms with Gasteiger partial charge in [0.15, 0.2) is 0 Å². The molecule has 0 radical (unpaired) electrons. The Labute approximate surface area is 127 Å². The lowest BCUT2D eigenvalue weighted by Crippen LogP contribution is -2.20. The summed E-state index contributed by atoms with van der Waals surface area (Å²) in [5, 5.41) is 16.2. The van der Waals surface area contributed by atoms with Crippen LogP contribution in [-0.2, 0) is 0 Å². The normalized spacial score (nSPS) is 10.1. The lowest BCUT2D eigenvalue weighted by atomic mass is 10.1. The van der Waals surface area contributed by atoms with Crippen LogP contribution in [0.25, 0.3) is 0 Å². The van der Waals surface area contributed by atoms with Crippen molar-refractivity contribution >= 4 is 28.8 Å². The van der Waals surface area contributed by atoms with E-state index in [9.17, 15) is 14.9 Å². The van der Waals surface area contributed by atoms with E-state index in [1.807, 2.05) is 0 Å². The van der Waals surface area contributed by atoms with Crippen LogP contribution in [0.15, 0.2) is 36.4 Å². The van der Waals surface area contributed by atoms with Gasteiger partial charge in [0.25, 0.3) is 5.69 Å². The number of nitro benzene ring substituents is 1. The van der Waals surface area contributed by atoms with Crippen LogP contribution < -0.4 is 16.4 Å². The van der Waals surface area contributed by atoms with Crippen LogP contribution in [0.1, 0.15) is 11.1 Å². The number of nitro groups is 1. The van der Waals surface area contributed by atoms with Gasteiger partial charge in [-0.15, -0.1) is 0 Å². The Bertz CT molecular complexity index is 744. The number of carbonyl (C=O) groups is 1. The van der Waals surface area contributed by atoms with Crippen molar-refractivity contribution in [3.63, 3.8) is 0 Å². The van der Waals surface area contributed by atoms with Crippen LogP contribution in [0.4, 0.5) is 27.5 Å². The highest BCUT2D eigenvalue weighted by molar-refractivity contribution is 6.01. The molecule has 0 aliphatic carbocycles. The molecule has 2 aromatic rings. The van der Waals surface area contributed by atoms with Gasteiger partial charge in [0.1, 0.15) is 0 Å². The number of amides is 2. The SMILES string of the molecule is Cc1c(N)cccc1NC(=O)Nc1cccc([N+](=O)[O-])c1C. The molecule has 0 heterocycles. The van der Waals surface area contributed by atoms with Crippen molar-refractivity contribution in [3.05, 3.63) is 57.6 Å². The summed E-state index contributed by atoms with van der Waals surface area (Å²) in [4.78, 5) is 22.5. The molecule has 0 atom stereocenters. The van der Waals surface area contributed by atoms with E-state index in [0.717, 1.165) is 5.56 Å². The molecular formula is C15H16N4O3. The molecular weight excluding hydrogens is 284 g/mol. The summed E-state index contributed by atoms with van der Waals surface area (Å²) in [7, 11) is 0. The van der Waals surface area contributed by atoms with Gasteiger partial charge < -0.3 is 16.4 Å². The highest BCUT2D eigenvalue weighted by atomic mass is 16.6. The van der Waals surface area contributed by atoms with E-state index in [-0.39, 0.29) is 5.69 Å². The van der Waals surface area contributed by atoms with E-state index < -0.39 is 11.0 Å². The number of hydrogen-bond donors (Lipinski definition) is 3. The van der Waals surface area contributed by atoms with E-state index in [4.69, 9.17) is 5.73 Å². The minimum Gasteiger partial charge on any atom is -0.398 e. The number of nitrogens with zero attached hydrogens (tertiary/aromatic N) is 1. The smallest absolute Gasteiger partial charge is 0.323 e. The quantitative estimate of drug-likeness (QED) is 0.458. The molecule has 2 amide bonds. The van der Waals surface area contributed by atoms with Gasteiger partial charge >= 0.3 is 6.03 Å². The number of rotatable bonds is 3. The van der Waals surface area contributed by atoms with Crippen LogP contribution >= 0.6 is 0 Å². The predicted octanol–water partition coefficient (Wildman–Crippen LogP) is 3.44. The summed E-state index contributed by atoms with van der Waals surface area (Å²) in [6.45, 7) is 3.38. The molecule has 22 heavy (non-hydrogen) atoms. The fraction of sp³-hybridized carbons (Fsp3) is 0.133. The summed E-state index contributed by atoms with van der Waals surface area (Å²) in [6, 6.07) is 9.23. The lowest BCUT2D eigenvalue weighted by molar-refractivity contribution is -0.385.